The quantitative estimate of drug-likeness (QED) is 0.759. The highest BCUT2D eigenvalue weighted by atomic mass is 35.5. The van der Waals surface area contributed by atoms with Gasteiger partial charge in [0.2, 0.25) is 5.91 Å². The molecule has 1 aromatic carbocycles. The van der Waals surface area contributed by atoms with E-state index in [1.54, 1.807) is 17.8 Å². The fourth-order valence-corrected chi connectivity index (χ4v) is 3.07. The first-order valence-electron chi connectivity index (χ1n) is 7.28. The highest BCUT2D eigenvalue weighted by Crippen LogP contribution is 2.27. The summed E-state index contributed by atoms with van der Waals surface area (Å²) in [6.07, 6.45) is 1.72. The Morgan fingerprint density at radius 1 is 1.42 bits per heavy atom. The second kappa shape index (κ2) is 7.23. The first-order chi connectivity index (χ1) is 11.2. The van der Waals surface area contributed by atoms with Gasteiger partial charge >= 0.3 is 0 Å². The number of nitrogens with one attached hydrogen (secondary N) is 1. The fourth-order valence-electron chi connectivity index (χ4n) is 2.01. The largest absolute Gasteiger partial charge is 0.506 e. The van der Waals surface area contributed by atoms with Crippen molar-refractivity contribution < 1.29 is 18.3 Å². The van der Waals surface area contributed by atoms with Crippen molar-refractivity contribution in [1.29, 1.82) is 0 Å². The molecule has 0 spiro atoms. The Balaban J connectivity index is 2.07. The molecule has 2 N–H and O–H groups in total. The number of nitrogens with zero attached hydrogens (tertiary/aromatic N) is 2. The number of sulfone groups is 1. The third-order valence-electron chi connectivity index (χ3n) is 3.44. The van der Waals surface area contributed by atoms with E-state index in [1.807, 2.05) is 0 Å². The lowest BCUT2D eigenvalue weighted by Crippen LogP contribution is -2.15. The molecule has 1 amide bonds. The molecule has 2 rings (SSSR count). The molecule has 0 fully saturated rings. The van der Waals surface area contributed by atoms with Crippen LogP contribution in [0.4, 0.5) is 5.69 Å². The van der Waals surface area contributed by atoms with E-state index in [0.717, 1.165) is 0 Å². The summed E-state index contributed by atoms with van der Waals surface area (Å²) in [7, 11) is -3.42. The number of aromatic hydroxyl groups is 1. The zero-order chi connectivity index (χ0) is 17.9. The van der Waals surface area contributed by atoms with Crippen LogP contribution in [0.15, 0.2) is 29.3 Å². The van der Waals surface area contributed by atoms with Crippen LogP contribution < -0.4 is 5.32 Å². The van der Waals surface area contributed by atoms with Gasteiger partial charge in [-0.2, -0.15) is 5.10 Å². The average Bonchev–Trinajstić information content (AvgIpc) is 2.86. The number of halogens is 1. The number of aryl methyl sites for hydroxylation is 2. The molecule has 0 saturated heterocycles. The van der Waals surface area contributed by atoms with Gasteiger partial charge in [0.25, 0.3) is 0 Å². The van der Waals surface area contributed by atoms with Gasteiger partial charge in [-0.15, -0.1) is 0 Å². The van der Waals surface area contributed by atoms with Crippen LogP contribution in [0.1, 0.15) is 19.0 Å². The lowest BCUT2D eigenvalue weighted by atomic mass is 10.3. The van der Waals surface area contributed by atoms with Crippen LogP contribution in [0.2, 0.25) is 5.02 Å². The van der Waals surface area contributed by atoms with Gasteiger partial charge < -0.3 is 10.4 Å². The van der Waals surface area contributed by atoms with Crippen LogP contribution in [0.25, 0.3) is 0 Å². The number of hydrogen-bond donors (Lipinski definition) is 2. The summed E-state index contributed by atoms with van der Waals surface area (Å²) in [5.41, 5.74) is 0.733. The summed E-state index contributed by atoms with van der Waals surface area (Å²) in [4.78, 5) is 12.1. The third kappa shape index (κ3) is 4.27. The maximum Gasteiger partial charge on any atom is 0.226 e. The predicted octanol–water partition coefficient (Wildman–Crippen LogP) is 2.37. The van der Waals surface area contributed by atoms with E-state index in [0.29, 0.717) is 17.3 Å². The minimum atomic E-state index is -3.42. The van der Waals surface area contributed by atoms with E-state index >= 15 is 0 Å². The lowest BCUT2D eigenvalue weighted by molar-refractivity contribution is -0.116. The third-order valence-corrected chi connectivity index (χ3v) is 5.54. The maximum absolute atomic E-state index is 12.0. The van der Waals surface area contributed by atoms with Crippen molar-refractivity contribution in [2.75, 3.05) is 11.1 Å². The molecule has 0 unspecified atom stereocenters. The standard InChI is InChI=1S/C15H18ClN3O4S/c1-3-24(22,23)11-4-5-14(20)13(8-11)17-15(21)6-7-19-9-12(16)10(2)18-19/h4-5,8-9,20H,3,6-7H2,1-2H3,(H,17,21). The Morgan fingerprint density at radius 2 is 2.12 bits per heavy atom. The molecule has 0 radical (unpaired) electrons. The summed E-state index contributed by atoms with van der Waals surface area (Å²) in [5.74, 6) is -0.637. The van der Waals surface area contributed by atoms with Gasteiger partial charge in [-0.3, -0.25) is 9.48 Å². The average molecular weight is 372 g/mol. The first-order valence-corrected chi connectivity index (χ1v) is 9.31. The molecule has 0 saturated carbocycles. The van der Waals surface area contributed by atoms with E-state index in [9.17, 15) is 18.3 Å². The molecular weight excluding hydrogens is 354 g/mol. The Kier molecular flexibility index (Phi) is 5.51. The second-order valence-electron chi connectivity index (χ2n) is 5.21. The second-order valence-corrected chi connectivity index (χ2v) is 7.89. The molecule has 0 atom stereocenters. The van der Waals surface area contributed by atoms with Gasteiger partial charge in [0.1, 0.15) is 5.75 Å². The number of hydrogen-bond acceptors (Lipinski definition) is 5. The number of anilines is 1. The molecule has 9 heteroatoms. The molecule has 130 valence electrons. The highest BCUT2D eigenvalue weighted by molar-refractivity contribution is 7.91. The van der Waals surface area contributed by atoms with Crippen molar-refractivity contribution in [2.24, 2.45) is 0 Å². The van der Waals surface area contributed by atoms with E-state index in [-0.39, 0.29) is 34.4 Å². The van der Waals surface area contributed by atoms with Crippen molar-refractivity contribution >= 4 is 33.0 Å². The Hall–Kier alpha value is -2.06. The Morgan fingerprint density at radius 3 is 2.71 bits per heavy atom. The van der Waals surface area contributed by atoms with Crippen LogP contribution in [0.5, 0.6) is 5.75 Å². The van der Waals surface area contributed by atoms with Crippen LogP contribution >= 0.6 is 11.6 Å². The van der Waals surface area contributed by atoms with Crippen LogP contribution in [0.3, 0.4) is 0 Å². The van der Waals surface area contributed by atoms with E-state index in [1.165, 1.54) is 25.1 Å². The molecule has 1 aromatic heterocycles. The number of carbonyl (C=O) groups excluding carboxylic acids is 1. The molecule has 0 aliphatic heterocycles. The Bertz CT molecular complexity index is 842. The monoisotopic (exact) mass is 371 g/mol. The highest BCUT2D eigenvalue weighted by Gasteiger charge is 2.15. The normalized spacial score (nSPS) is 11.5. The van der Waals surface area contributed by atoms with Gasteiger partial charge in [0.05, 0.1) is 27.1 Å². The fraction of sp³-hybridized carbons (Fsp3) is 0.333. The molecule has 0 aliphatic rings. The Labute approximate surface area is 145 Å². The summed E-state index contributed by atoms with van der Waals surface area (Å²) >= 11 is 5.90. The maximum atomic E-state index is 12.0. The van der Waals surface area contributed by atoms with Gasteiger partial charge in [-0.25, -0.2) is 8.42 Å². The van der Waals surface area contributed by atoms with Gasteiger partial charge in [-0.1, -0.05) is 18.5 Å². The van der Waals surface area contributed by atoms with Crippen molar-refractivity contribution in [1.82, 2.24) is 9.78 Å². The molecule has 1 heterocycles. The number of amides is 1. The van der Waals surface area contributed by atoms with Crippen molar-refractivity contribution in [3.8, 4) is 5.75 Å². The SMILES string of the molecule is CCS(=O)(=O)c1ccc(O)c(NC(=O)CCn2cc(Cl)c(C)n2)c1. The number of rotatable bonds is 6. The van der Waals surface area contributed by atoms with Crippen molar-refractivity contribution in [2.45, 2.75) is 31.7 Å². The minimum Gasteiger partial charge on any atom is -0.506 e. The van der Waals surface area contributed by atoms with Crippen LogP contribution in [-0.2, 0) is 21.2 Å². The van der Waals surface area contributed by atoms with E-state index in [2.05, 4.69) is 10.4 Å². The van der Waals surface area contributed by atoms with Gasteiger partial charge in [-0.05, 0) is 25.1 Å². The molecule has 7 nitrogen and oxygen atoms in total. The van der Waals surface area contributed by atoms with Crippen LogP contribution in [-0.4, -0.2) is 35.0 Å². The number of aromatic nitrogens is 2. The molecule has 24 heavy (non-hydrogen) atoms. The van der Waals surface area contributed by atoms with E-state index < -0.39 is 9.84 Å². The number of phenolic OH excluding ortho intramolecular Hbond substituents is 1. The smallest absolute Gasteiger partial charge is 0.226 e. The van der Waals surface area contributed by atoms with Crippen LogP contribution in [0, 0.1) is 6.92 Å². The predicted molar refractivity (Wildman–Crippen MR) is 91.1 cm³/mol. The summed E-state index contributed by atoms with van der Waals surface area (Å²) in [6, 6.07) is 3.80. The zero-order valence-corrected chi connectivity index (χ0v) is 14.9. The van der Waals surface area contributed by atoms with Gasteiger partial charge in [0.15, 0.2) is 9.84 Å². The molecule has 0 aliphatic carbocycles. The summed E-state index contributed by atoms with van der Waals surface area (Å²) in [6.45, 7) is 3.60. The molecule has 2 aromatic rings. The van der Waals surface area contributed by atoms with E-state index in [4.69, 9.17) is 11.6 Å². The first kappa shape index (κ1) is 18.3. The molecular formula is C15H18ClN3O4S. The zero-order valence-electron chi connectivity index (χ0n) is 13.3. The number of carbonyl (C=O) groups is 1. The van der Waals surface area contributed by atoms with Crippen molar-refractivity contribution in [3.05, 3.63) is 35.1 Å². The molecule has 0 bridgehead atoms. The number of benzene rings is 1. The minimum absolute atomic E-state index is 0.0487. The summed E-state index contributed by atoms with van der Waals surface area (Å²) < 4.78 is 25.3. The topological polar surface area (TPSA) is 101 Å². The van der Waals surface area contributed by atoms with Crippen molar-refractivity contribution in [3.63, 3.8) is 0 Å². The summed E-state index contributed by atoms with van der Waals surface area (Å²) in [5, 5.41) is 17.0. The lowest BCUT2D eigenvalue weighted by Gasteiger charge is -2.10. The van der Waals surface area contributed by atoms with Gasteiger partial charge in [0, 0.05) is 19.2 Å². The number of phenols is 1.